The number of likely N-dealkylation sites (tertiary alicyclic amines) is 1. The number of rotatable bonds is 3. The molecule has 0 bridgehead atoms. The number of amides is 3. The van der Waals surface area contributed by atoms with Crippen molar-refractivity contribution in [1.29, 1.82) is 0 Å². The van der Waals surface area contributed by atoms with Crippen LogP contribution >= 0.6 is 0 Å². The molecule has 1 saturated carbocycles. The van der Waals surface area contributed by atoms with Gasteiger partial charge in [0.2, 0.25) is 0 Å². The summed E-state index contributed by atoms with van der Waals surface area (Å²) in [4.78, 5) is 27.4. The highest BCUT2D eigenvalue weighted by Gasteiger charge is 2.28. The third kappa shape index (κ3) is 5.22. The average molecular weight is 373 g/mol. The number of anilines is 1. The summed E-state index contributed by atoms with van der Waals surface area (Å²) >= 11 is 0. The summed E-state index contributed by atoms with van der Waals surface area (Å²) in [5.74, 6) is 0.954. The fraction of sp³-hybridized carbons (Fsp3) is 0.619. The number of para-hydroxylation sites is 1. The van der Waals surface area contributed by atoms with Gasteiger partial charge in [-0.1, -0.05) is 26.0 Å². The molecule has 0 spiro atoms. The fourth-order valence-corrected chi connectivity index (χ4v) is 4.34. The van der Waals surface area contributed by atoms with Crippen LogP contribution in [-0.2, 0) is 0 Å². The van der Waals surface area contributed by atoms with E-state index in [0.29, 0.717) is 35.9 Å². The van der Waals surface area contributed by atoms with Gasteiger partial charge in [0.25, 0.3) is 5.91 Å². The lowest BCUT2D eigenvalue weighted by Gasteiger charge is -2.35. The van der Waals surface area contributed by atoms with Gasteiger partial charge in [-0.05, 0) is 56.1 Å². The third-order valence-electron chi connectivity index (χ3n) is 5.59. The van der Waals surface area contributed by atoms with Crippen molar-refractivity contribution < 1.29 is 14.7 Å². The van der Waals surface area contributed by atoms with Crippen LogP contribution in [0, 0.1) is 11.8 Å². The number of benzene rings is 1. The summed E-state index contributed by atoms with van der Waals surface area (Å²) in [6.07, 6.45) is 3.87. The molecule has 2 fully saturated rings. The lowest BCUT2D eigenvalue weighted by atomic mass is 9.91. The fourth-order valence-electron chi connectivity index (χ4n) is 4.34. The predicted octanol–water partition coefficient (Wildman–Crippen LogP) is 3.23. The minimum Gasteiger partial charge on any atom is -0.393 e. The highest BCUT2D eigenvalue weighted by molar-refractivity contribution is 6.03. The molecule has 2 unspecified atom stereocenters. The number of aliphatic hydroxyl groups is 1. The van der Waals surface area contributed by atoms with Crippen molar-refractivity contribution in [3.8, 4) is 0 Å². The number of hydrogen-bond donors (Lipinski definition) is 3. The second-order valence-corrected chi connectivity index (χ2v) is 8.31. The molecule has 3 rings (SSSR count). The topological polar surface area (TPSA) is 81.7 Å². The van der Waals surface area contributed by atoms with Crippen molar-refractivity contribution in [3.63, 3.8) is 0 Å². The zero-order valence-electron chi connectivity index (χ0n) is 16.3. The Kier molecular flexibility index (Phi) is 6.37. The summed E-state index contributed by atoms with van der Waals surface area (Å²) in [6, 6.07) is 6.98. The van der Waals surface area contributed by atoms with Crippen LogP contribution in [0.25, 0.3) is 0 Å². The summed E-state index contributed by atoms with van der Waals surface area (Å²) in [7, 11) is 0. The van der Waals surface area contributed by atoms with Crippen LogP contribution in [0.4, 0.5) is 10.5 Å². The standard InChI is InChI=1S/C21H31N3O3/c1-14-11-15(2)13-24(12-14)20(26)18-5-3-4-6-19(18)23-21(27)22-16-7-9-17(25)10-8-16/h3-6,14-17,25H,7-13H2,1-2H3,(H2,22,23,27). The monoisotopic (exact) mass is 373 g/mol. The van der Waals surface area contributed by atoms with Crippen LogP contribution < -0.4 is 10.6 Å². The van der Waals surface area contributed by atoms with E-state index in [9.17, 15) is 14.7 Å². The van der Waals surface area contributed by atoms with Crippen LogP contribution in [-0.4, -0.2) is 47.2 Å². The maximum atomic E-state index is 13.0. The zero-order valence-corrected chi connectivity index (χ0v) is 16.3. The highest BCUT2D eigenvalue weighted by Crippen LogP contribution is 2.25. The van der Waals surface area contributed by atoms with Crippen molar-refractivity contribution in [2.45, 2.75) is 58.1 Å². The Balaban J connectivity index is 1.65. The van der Waals surface area contributed by atoms with Crippen molar-refractivity contribution in [2.75, 3.05) is 18.4 Å². The van der Waals surface area contributed by atoms with E-state index < -0.39 is 0 Å². The molecule has 6 nitrogen and oxygen atoms in total. The van der Waals surface area contributed by atoms with E-state index in [1.54, 1.807) is 12.1 Å². The molecule has 1 saturated heterocycles. The Labute approximate surface area is 161 Å². The Bertz CT molecular complexity index is 660. The molecule has 2 atom stereocenters. The molecule has 1 aliphatic heterocycles. The van der Waals surface area contributed by atoms with Gasteiger partial charge < -0.3 is 20.6 Å². The van der Waals surface area contributed by atoms with E-state index in [4.69, 9.17) is 0 Å². The molecule has 1 heterocycles. The average Bonchev–Trinajstić information content (AvgIpc) is 2.63. The van der Waals surface area contributed by atoms with Crippen LogP contribution in [0.15, 0.2) is 24.3 Å². The molecule has 3 N–H and O–H groups in total. The lowest BCUT2D eigenvalue weighted by molar-refractivity contribution is 0.0624. The molecule has 2 aliphatic rings. The van der Waals surface area contributed by atoms with Crippen LogP contribution in [0.3, 0.4) is 0 Å². The van der Waals surface area contributed by atoms with Crippen molar-refractivity contribution in [1.82, 2.24) is 10.2 Å². The molecule has 1 aliphatic carbocycles. The molecule has 0 radical (unpaired) electrons. The van der Waals surface area contributed by atoms with E-state index >= 15 is 0 Å². The second kappa shape index (κ2) is 8.74. The summed E-state index contributed by atoms with van der Waals surface area (Å²) in [5, 5.41) is 15.4. The Morgan fingerprint density at radius 1 is 1.04 bits per heavy atom. The smallest absolute Gasteiger partial charge is 0.319 e. The molecule has 3 amide bonds. The van der Waals surface area contributed by atoms with E-state index in [1.807, 2.05) is 17.0 Å². The molecule has 148 valence electrons. The summed E-state index contributed by atoms with van der Waals surface area (Å²) in [5.41, 5.74) is 1.08. The molecular formula is C21H31N3O3. The number of nitrogens with one attached hydrogen (secondary N) is 2. The van der Waals surface area contributed by atoms with E-state index in [-0.39, 0.29) is 24.1 Å². The van der Waals surface area contributed by atoms with Crippen molar-refractivity contribution in [2.24, 2.45) is 11.8 Å². The minimum absolute atomic E-state index is 0.0231. The lowest BCUT2D eigenvalue weighted by Crippen LogP contribution is -2.43. The Hall–Kier alpha value is -2.08. The van der Waals surface area contributed by atoms with Crippen LogP contribution in [0.5, 0.6) is 0 Å². The quantitative estimate of drug-likeness (QED) is 0.761. The van der Waals surface area contributed by atoms with Gasteiger partial charge in [0.1, 0.15) is 0 Å². The number of nitrogens with zero attached hydrogens (tertiary/aromatic N) is 1. The number of carbonyl (C=O) groups is 2. The first-order valence-corrected chi connectivity index (χ1v) is 10.1. The van der Waals surface area contributed by atoms with Gasteiger partial charge in [-0.2, -0.15) is 0 Å². The number of hydrogen-bond acceptors (Lipinski definition) is 3. The maximum absolute atomic E-state index is 13.0. The van der Waals surface area contributed by atoms with Gasteiger partial charge in [-0.25, -0.2) is 4.79 Å². The third-order valence-corrected chi connectivity index (χ3v) is 5.59. The SMILES string of the molecule is CC1CC(C)CN(C(=O)c2ccccc2NC(=O)NC2CCC(O)CC2)C1. The normalized spacial score (nSPS) is 28.5. The number of carbonyl (C=O) groups excluding carboxylic acids is 2. The second-order valence-electron chi connectivity index (χ2n) is 8.31. The van der Waals surface area contributed by atoms with Gasteiger partial charge in [0, 0.05) is 19.1 Å². The Morgan fingerprint density at radius 2 is 1.67 bits per heavy atom. The molecular weight excluding hydrogens is 342 g/mol. The van der Waals surface area contributed by atoms with Gasteiger partial charge in [-0.3, -0.25) is 4.79 Å². The number of aliphatic hydroxyl groups excluding tert-OH is 1. The largest absolute Gasteiger partial charge is 0.393 e. The van der Waals surface area contributed by atoms with Crippen molar-refractivity contribution >= 4 is 17.6 Å². The number of urea groups is 1. The summed E-state index contributed by atoms with van der Waals surface area (Å²) < 4.78 is 0. The van der Waals surface area contributed by atoms with E-state index in [0.717, 1.165) is 32.4 Å². The first-order valence-electron chi connectivity index (χ1n) is 10.1. The molecule has 1 aromatic carbocycles. The van der Waals surface area contributed by atoms with Crippen molar-refractivity contribution in [3.05, 3.63) is 29.8 Å². The van der Waals surface area contributed by atoms with E-state index in [1.165, 1.54) is 0 Å². The molecule has 27 heavy (non-hydrogen) atoms. The first kappa shape index (κ1) is 19.7. The summed E-state index contributed by atoms with van der Waals surface area (Å²) in [6.45, 7) is 5.87. The first-order chi connectivity index (χ1) is 12.9. The van der Waals surface area contributed by atoms with Crippen LogP contribution in [0.2, 0.25) is 0 Å². The molecule has 1 aromatic rings. The van der Waals surface area contributed by atoms with Gasteiger partial charge in [0.05, 0.1) is 17.4 Å². The van der Waals surface area contributed by atoms with Gasteiger partial charge >= 0.3 is 6.03 Å². The number of piperidine rings is 1. The maximum Gasteiger partial charge on any atom is 0.319 e. The molecule has 6 heteroatoms. The van der Waals surface area contributed by atoms with Crippen LogP contribution in [0.1, 0.15) is 56.3 Å². The van der Waals surface area contributed by atoms with Gasteiger partial charge in [0.15, 0.2) is 0 Å². The zero-order chi connectivity index (χ0) is 19.4. The molecule has 0 aromatic heterocycles. The van der Waals surface area contributed by atoms with Gasteiger partial charge in [-0.15, -0.1) is 0 Å². The van der Waals surface area contributed by atoms with E-state index in [2.05, 4.69) is 24.5 Å². The predicted molar refractivity (Wildman–Crippen MR) is 106 cm³/mol. The highest BCUT2D eigenvalue weighted by atomic mass is 16.3. The minimum atomic E-state index is -0.294. The Morgan fingerprint density at radius 3 is 2.33 bits per heavy atom.